The summed E-state index contributed by atoms with van der Waals surface area (Å²) in [6.07, 6.45) is 1.06. The summed E-state index contributed by atoms with van der Waals surface area (Å²) in [5.74, 6) is 1.55. The quantitative estimate of drug-likeness (QED) is 0.643. The third kappa shape index (κ3) is 4.63. The van der Waals surface area contributed by atoms with E-state index in [4.69, 9.17) is 11.6 Å². The smallest absolute Gasteiger partial charge is 0.237 e. The average molecular weight is 327 g/mol. The molecule has 0 aromatic heterocycles. The molecule has 1 fully saturated rings. The molecule has 116 valence electrons. The lowest BCUT2D eigenvalue weighted by molar-refractivity contribution is -0.130. The molecule has 0 bridgehead atoms. The number of hydrogen-bond acceptors (Lipinski definition) is 3. The van der Waals surface area contributed by atoms with E-state index in [1.54, 1.807) is 11.8 Å². The number of thioether (sulfide) groups is 1. The van der Waals surface area contributed by atoms with Gasteiger partial charge in [0, 0.05) is 18.0 Å². The Morgan fingerprint density at radius 1 is 1.43 bits per heavy atom. The number of hydrogen-bond donors (Lipinski definition) is 1. The number of nitrogens with one attached hydrogen (secondary N) is 1. The van der Waals surface area contributed by atoms with Gasteiger partial charge in [-0.2, -0.15) is 0 Å². The van der Waals surface area contributed by atoms with Crippen molar-refractivity contribution in [3.63, 3.8) is 0 Å². The highest BCUT2D eigenvalue weighted by atomic mass is 35.5. The lowest BCUT2D eigenvalue weighted by Crippen LogP contribution is -2.57. The van der Waals surface area contributed by atoms with Gasteiger partial charge in [-0.05, 0) is 36.8 Å². The van der Waals surface area contributed by atoms with Crippen LogP contribution < -0.4 is 5.32 Å². The van der Waals surface area contributed by atoms with Crippen molar-refractivity contribution in [3.05, 3.63) is 29.3 Å². The van der Waals surface area contributed by atoms with Gasteiger partial charge < -0.3 is 5.32 Å². The van der Waals surface area contributed by atoms with Crippen LogP contribution in [0.1, 0.15) is 20.3 Å². The summed E-state index contributed by atoms with van der Waals surface area (Å²) in [5, 5.41) is 3.78. The zero-order chi connectivity index (χ0) is 15.2. The van der Waals surface area contributed by atoms with Crippen molar-refractivity contribution < 1.29 is 4.79 Å². The minimum Gasteiger partial charge on any atom is -0.353 e. The fourth-order valence-corrected chi connectivity index (χ4v) is 3.89. The molecule has 1 unspecified atom stereocenters. The van der Waals surface area contributed by atoms with Crippen LogP contribution in [0.2, 0.25) is 5.02 Å². The predicted molar refractivity (Wildman–Crippen MR) is 90.0 cm³/mol. The van der Waals surface area contributed by atoms with Gasteiger partial charge in [0.15, 0.2) is 0 Å². The monoisotopic (exact) mass is 326 g/mol. The molecule has 1 aliphatic heterocycles. The summed E-state index contributed by atoms with van der Waals surface area (Å²) < 4.78 is 0. The molecule has 0 spiro atoms. The minimum atomic E-state index is 0.0177. The highest BCUT2D eigenvalue weighted by Crippen LogP contribution is 2.27. The van der Waals surface area contributed by atoms with E-state index in [0.29, 0.717) is 5.92 Å². The van der Waals surface area contributed by atoms with Crippen LogP contribution in [0.4, 0.5) is 0 Å². The van der Waals surface area contributed by atoms with Crippen LogP contribution >= 0.6 is 23.4 Å². The molecule has 1 aliphatic rings. The van der Waals surface area contributed by atoms with Crippen molar-refractivity contribution in [1.82, 2.24) is 10.2 Å². The zero-order valence-electron chi connectivity index (χ0n) is 12.6. The van der Waals surface area contributed by atoms with Crippen LogP contribution in [0.15, 0.2) is 29.2 Å². The maximum Gasteiger partial charge on any atom is 0.237 e. The van der Waals surface area contributed by atoms with Gasteiger partial charge in [0.05, 0.1) is 11.1 Å². The number of halogens is 1. The Labute approximate surface area is 136 Å². The highest BCUT2D eigenvalue weighted by Gasteiger charge is 2.31. The Balaban J connectivity index is 1.79. The molecule has 1 saturated heterocycles. The first-order chi connectivity index (χ1) is 10.1. The van der Waals surface area contributed by atoms with E-state index in [1.807, 2.05) is 18.2 Å². The summed E-state index contributed by atoms with van der Waals surface area (Å²) in [6, 6.07) is 7.96. The Morgan fingerprint density at radius 3 is 2.90 bits per heavy atom. The number of nitrogens with zero attached hydrogens (tertiary/aromatic N) is 1. The summed E-state index contributed by atoms with van der Waals surface area (Å²) in [7, 11) is 0. The van der Waals surface area contributed by atoms with E-state index < -0.39 is 0 Å². The van der Waals surface area contributed by atoms with Gasteiger partial charge in [0.1, 0.15) is 0 Å². The second kappa shape index (κ2) is 8.06. The maximum atomic E-state index is 12.0. The van der Waals surface area contributed by atoms with Crippen molar-refractivity contribution in [2.75, 3.05) is 25.4 Å². The third-order valence-electron chi connectivity index (χ3n) is 3.68. The first-order valence-corrected chi connectivity index (χ1v) is 8.85. The molecule has 1 aromatic carbocycles. The van der Waals surface area contributed by atoms with Crippen LogP contribution in [0.25, 0.3) is 0 Å². The van der Waals surface area contributed by atoms with Gasteiger partial charge in [0.2, 0.25) is 5.91 Å². The summed E-state index contributed by atoms with van der Waals surface area (Å²) in [5.41, 5.74) is 0. The molecule has 3 nitrogen and oxygen atoms in total. The zero-order valence-corrected chi connectivity index (χ0v) is 14.2. The molecular formula is C16H23ClN2OS. The second-order valence-corrected chi connectivity index (χ2v) is 7.19. The standard InChI is InChI=1S/C16H23ClN2OS/c1-12(2)15-16(20)18-8-10-19(15)9-5-11-21-14-7-4-3-6-13(14)17/h3-4,6-7,12,15H,5,8-11H2,1-2H3,(H,18,20). The molecule has 21 heavy (non-hydrogen) atoms. The van der Waals surface area contributed by atoms with E-state index in [9.17, 15) is 4.79 Å². The number of benzene rings is 1. The summed E-state index contributed by atoms with van der Waals surface area (Å²) in [4.78, 5) is 15.4. The highest BCUT2D eigenvalue weighted by molar-refractivity contribution is 7.99. The van der Waals surface area contributed by atoms with E-state index in [-0.39, 0.29) is 11.9 Å². The maximum absolute atomic E-state index is 12.0. The first kappa shape index (κ1) is 16.7. The van der Waals surface area contributed by atoms with E-state index >= 15 is 0 Å². The van der Waals surface area contributed by atoms with Crippen molar-refractivity contribution >= 4 is 29.3 Å². The van der Waals surface area contributed by atoms with Crippen LogP contribution in [-0.4, -0.2) is 42.2 Å². The molecule has 1 amide bonds. The molecule has 2 rings (SSSR count). The van der Waals surface area contributed by atoms with Crippen LogP contribution in [0, 0.1) is 5.92 Å². The van der Waals surface area contributed by atoms with E-state index in [2.05, 4.69) is 30.1 Å². The molecule has 0 aliphatic carbocycles. The molecule has 1 atom stereocenters. The average Bonchev–Trinajstić information content (AvgIpc) is 2.45. The Bertz CT molecular complexity index is 481. The predicted octanol–water partition coefficient (Wildman–Crippen LogP) is 3.28. The Morgan fingerprint density at radius 2 is 2.19 bits per heavy atom. The normalized spacial score (nSPS) is 19.8. The lowest BCUT2D eigenvalue weighted by atomic mass is 9.99. The molecule has 0 saturated carbocycles. The molecule has 5 heteroatoms. The molecule has 1 heterocycles. The van der Waals surface area contributed by atoms with Crippen molar-refractivity contribution in [3.8, 4) is 0 Å². The fraction of sp³-hybridized carbons (Fsp3) is 0.562. The van der Waals surface area contributed by atoms with Crippen molar-refractivity contribution in [1.29, 1.82) is 0 Å². The minimum absolute atomic E-state index is 0.0177. The lowest BCUT2D eigenvalue weighted by Gasteiger charge is -2.37. The van der Waals surface area contributed by atoms with Crippen LogP contribution in [0.5, 0.6) is 0 Å². The number of carbonyl (C=O) groups excluding carboxylic acids is 1. The molecule has 1 aromatic rings. The van der Waals surface area contributed by atoms with Gasteiger partial charge in [0.25, 0.3) is 0 Å². The van der Waals surface area contributed by atoms with Crippen LogP contribution in [0.3, 0.4) is 0 Å². The third-order valence-corrected chi connectivity index (χ3v) is 5.28. The SMILES string of the molecule is CC(C)C1C(=O)NCCN1CCCSc1ccccc1Cl. The number of carbonyl (C=O) groups is 1. The summed E-state index contributed by atoms with van der Waals surface area (Å²) >= 11 is 7.94. The van der Waals surface area contributed by atoms with Crippen LogP contribution in [-0.2, 0) is 4.79 Å². The Kier molecular flexibility index (Phi) is 6.40. The molecule has 1 N–H and O–H groups in total. The van der Waals surface area contributed by atoms with Gasteiger partial charge in [-0.1, -0.05) is 37.6 Å². The first-order valence-electron chi connectivity index (χ1n) is 7.48. The van der Waals surface area contributed by atoms with Gasteiger partial charge >= 0.3 is 0 Å². The van der Waals surface area contributed by atoms with Gasteiger partial charge in [-0.15, -0.1) is 11.8 Å². The fourth-order valence-electron chi connectivity index (χ4n) is 2.72. The van der Waals surface area contributed by atoms with Crippen molar-refractivity contribution in [2.45, 2.75) is 31.2 Å². The van der Waals surface area contributed by atoms with Gasteiger partial charge in [-0.25, -0.2) is 0 Å². The number of piperazine rings is 1. The molecular weight excluding hydrogens is 304 g/mol. The summed E-state index contributed by atoms with van der Waals surface area (Å²) in [6.45, 7) is 6.90. The Hall–Kier alpha value is -0.710. The number of amides is 1. The topological polar surface area (TPSA) is 32.3 Å². The second-order valence-electron chi connectivity index (χ2n) is 5.65. The largest absolute Gasteiger partial charge is 0.353 e. The van der Waals surface area contributed by atoms with Gasteiger partial charge in [-0.3, -0.25) is 9.69 Å². The molecule has 0 radical (unpaired) electrons. The van der Waals surface area contributed by atoms with E-state index in [0.717, 1.165) is 41.7 Å². The van der Waals surface area contributed by atoms with Crippen molar-refractivity contribution in [2.24, 2.45) is 5.92 Å². The van der Waals surface area contributed by atoms with E-state index in [1.165, 1.54) is 0 Å². The number of rotatable bonds is 6.